The van der Waals surface area contributed by atoms with Gasteiger partial charge in [0, 0.05) is 11.3 Å². The van der Waals surface area contributed by atoms with Gasteiger partial charge in [-0.2, -0.15) is 0 Å². The molecule has 0 unspecified atom stereocenters. The molecule has 0 aliphatic heterocycles. The van der Waals surface area contributed by atoms with E-state index in [0.29, 0.717) is 10.7 Å². The van der Waals surface area contributed by atoms with Crippen LogP contribution in [0.5, 0.6) is 0 Å². The summed E-state index contributed by atoms with van der Waals surface area (Å²) < 4.78 is 0. The standard InChI is InChI=1S/C14H11Cl2N3O2/c15-10-6-5-8(7-11(10)16)13(20)18-19-14(21)9-3-1-2-4-12(9)17/h1-7H,17H2,(H,18,20)(H,19,21). The maximum atomic E-state index is 11.9. The van der Waals surface area contributed by atoms with E-state index in [4.69, 9.17) is 28.9 Å². The van der Waals surface area contributed by atoms with E-state index in [0.717, 1.165) is 0 Å². The Morgan fingerprint density at radius 2 is 1.57 bits per heavy atom. The van der Waals surface area contributed by atoms with Crippen molar-refractivity contribution in [1.82, 2.24) is 10.9 Å². The number of benzene rings is 2. The molecule has 0 saturated heterocycles. The van der Waals surface area contributed by atoms with Gasteiger partial charge in [0.1, 0.15) is 0 Å². The molecule has 0 atom stereocenters. The minimum absolute atomic E-state index is 0.253. The number of carbonyl (C=O) groups excluding carboxylic acids is 2. The minimum atomic E-state index is -0.517. The Kier molecular flexibility index (Phi) is 4.67. The molecule has 2 rings (SSSR count). The van der Waals surface area contributed by atoms with Gasteiger partial charge in [-0.15, -0.1) is 0 Å². The Labute approximate surface area is 131 Å². The molecule has 0 aromatic heterocycles. The molecule has 5 nitrogen and oxygen atoms in total. The van der Waals surface area contributed by atoms with Gasteiger partial charge in [-0.25, -0.2) is 0 Å². The number of halogens is 2. The van der Waals surface area contributed by atoms with Crippen molar-refractivity contribution in [2.24, 2.45) is 0 Å². The van der Waals surface area contributed by atoms with Crippen molar-refractivity contribution in [1.29, 1.82) is 0 Å². The van der Waals surface area contributed by atoms with Crippen molar-refractivity contribution in [3.8, 4) is 0 Å². The molecule has 0 aliphatic rings. The third kappa shape index (κ3) is 3.65. The van der Waals surface area contributed by atoms with Gasteiger partial charge in [0.2, 0.25) is 0 Å². The maximum Gasteiger partial charge on any atom is 0.271 e. The number of hydrogen-bond acceptors (Lipinski definition) is 3. The Bertz CT molecular complexity index is 704. The van der Waals surface area contributed by atoms with E-state index in [9.17, 15) is 9.59 Å². The number of nitrogen functional groups attached to an aromatic ring is 1. The maximum absolute atomic E-state index is 11.9. The van der Waals surface area contributed by atoms with Crippen LogP contribution in [0.4, 0.5) is 5.69 Å². The zero-order chi connectivity index (χ0) is 15.4. The quantitative estimate of drug-likeness (QED) is 0.586. The lowest BCUT2D eigenvalue weighted by atomic mass is 10.2. The lowest BCUT2D eigenvalue weighted by molar-refractivity contribution is 0.0847. The number of anilines is 1. The zero-order valence-corrected chi connectivity index (χ0v) is 12.2. The Hall–Kier alpha value is -2.24. The van der Waals surface area contributed by atoms with Gasteiger partial charge in [-0.1, -0.05) is 35.3 Å². The monoisotopic (exact) mass is 323 g/mol. The number of para-hydroxylation sites is 1. The van der Waals surface area contributed by atoms with Gasteiger partial charge in [0.05, 0.1) is 15.6 Å². The van der Waals surface area contributed by atoms with Crippen molar-refractivity contribution < 1.29 is 9.59 Å². The fourth-order valence-electron chi connectivity index (χ4n) is 1.59. The van der Waals surface area contributed by atoms with Crippen LogP contribution in [0.25, 0.3) is 0 Å². The van der Waals surface area contributed by atoms with Crippen molar-refractivity contribution in [2.75, 3.05) is 5.73 Å². The van der Waals surface area contributed by atoms with Crippen LogP contribution < -0.4 is 16.6 Å². The first-order valence-corrected chi connectivity index (χ1v) is 6.65. The van der Waals surface area contributed by atoms with Crippen LogP contribution in [-0.2, 0) is 0 Å². The highest BCUT2D eigenvalue weighted by molar-refractivity contribution is 6.42. The molecule has 0 aliphatic carbocycles. The molecule has 0 heterocycles. The van der Waals surface area contributed by atoms with Crippen molar-refractivity contribution in [2.45, 2.75) is 0 Å². The smallest absolute Gasteiger partial charge is 0.271 e. The summed E-state index contributed by atoms with van der Waals surface area (Å²) in [5.74, 6) is -1.03. The van der Waals surface area contributed by atoms with Crippen LogP contribution in [0, 0.1) is 0 Å². The predicted octanol–water partition coefficient (Wildman–Crippen LogP) is 2.65. The Morgan fingerprint density at radius 1 is 0.905 bits per heavy atom. The van der Waals surface area contributed by atoms with E-state index in [2.05, 4.69) is 10.9 Å². The van der Waals surface area contributed by atoms with Gasteiger partial charge < -0.3 is 5.73 Å². The molecule has 4 N–H and O–H groups in total. The van der Waals surface area contributed by atoms with Gasteiger partial charge in [-0.05, 0) is 30.3 Å². The average Bonchev–Trinajstić information content (AvgIpc) is 2.47. The molecule has 0 saturated carbocycles. The molecule has 2 aromatic rings. The largest absolute Gasteiger partial charge is 0.398 e. The van der Waals surface area contributed by atoms with Crippen molar-refractivity contribution >= 4 is 40.7 Å². The van der Waals surface area contributed by atoms with Crippen LogP contribution in [0.3, 0.4) is 0 Å². The van der Waals surface area contributed by atoms with Crippen molar-refractivity contribution in [3.05, 3.63) is 63.6 Å². The average molecular weight is 324 g/mol. The first-order valence-electron chi connectivity index (χ1n) is 5.89. The summed E-state index contributed by atoms with van der Waals surface area (Å²) in [6.07, 6.45) is 0. The number of rotatable bonds is 2. The molecule has 2 amide bonds. The number of carbonyl (C=O) groups is 2. The van der Waals surface area contributed by atoms with Gasteiger partial charge in [-0.3, -0.25) is 20.4 Å². The topological polar surface area (TPSA) is 84.2 Å². The van der Waals surface area contributed by atoms with E-state index < -0.39 is 11.8 Å². The first kappa shape index (κ1) is 15.2. The number of hydrogen-bond donors (Lipinski definition) is 3. The summed E-state index contributed by atoms with van der Waals surface area (Å²) in [6, 6.07) is 10.9. The molecule has 108 valence electrons. The van der Waals surface area contributed by atoms with E-state index >= 15 is 0 Å². The van der Waals surface area contributed by atoms with E-state index in [1.807, 2.05) is 0 Å². The van der Waals surface area contributed by atoms with E-state index in [1.165, 1.54) is 18.2 Å². The Morgan fingerprint density at radius 3 is 2.24 bits per heavy atom. The molecule has 0 radical (unpaired) electrons. The summed E-state index contributed by atoms with van der Waals surface area (Å²) in [7, 11) is 0. The summed E-state index contributed by atoms with van der Waals surface area (Å²) in [5.41, 5.74) is 11.1. The molecule has 0 fully saturated rings. The zero-order valence-electron chi connectivity index (χ0n) is 10.7. The SMILES string of the molecule is Nc1ccccc1C(=O)NNC(=O)c1ccc(Cl)c(Cl)c1. The van der Waals surface area contributed by atoms with E-state index in [1.54, 1.807) is 24.3 Å². The molecular weight excluding hydrogens is 313 g/mol. The summed E-state index contributed by atoms with van der Waals surface area (Å²) >= 11 is 11.6. The van der Waals surface area contributed by atoms with Gasteiger partial charge >= 0.3 is 0 Å². The third-order valence-electron chi connectivity index (χ3n) is 2.68. The normalized spacial score (nSPS) is 10.0. The number of hydrazine groups is 1. The summed E-state index contributed by atoms with van der Waals surface area (Å²) in [4.78, 5) is 23.7. The van der Waals surface area contributed by atoms with Crippen molar-refractivity contribution in [3.63, 3.8) is 0 Å². The van der Waals surface area contributed by atoms with E-state index in [-0.39, 0.29) is 16.1 Å². The lowest BCUT2D eigenvalue weighted by Crippen LogP contribution is -2.41. The summed E-state index contributed by atoms with van der Waals surface area (Å²) in [6.45, 7) is 0. The second-order valence-electron chi connectivity index (χ2n) is 4.12. The highest BCUT2D eigenvalue weighted by Crippen LogP contribution is 2.22. The fourth-order valence-corrected chi connectivity index (χ4v) is 1.89. The molecule has 7 heteroatoms. The predicted molar refractivity (Wildman–Crippen MR) is 82.2 cm³/mol. The van der Waals surface area contributed by atoms with Gasteiger partial charge in [0.15, 0.2) is 0 Å². The van der Waals surface area contributed by atoms with Crippen LogP contribution in [0.2, 0.25) is 10.0 Å². The molecule has 21 heavy (non-hydrogen) atoms. The fraction of sp³-hybridized carbons (Fsp3) is 0. The number of nitrogens with two attached hydrogens (primary N) is 1. The molecule has 0 spiro atoms. The number of nitrogens with one attached hydrogen (secondary N) is 2. The second kappa shape index (κ2) is 6.47. The lowest BCUT2D eigenvalue weighted by Gasteiger charge is -2.09. The highest BCUT2D eigenvalue weighted by atomic mass is 35.5. The van der Waals surface area contributed by atoms with Gasteiger partial charge in [0.25, 0.3) is 11.8 Å². The van der Waals surface area contributed by atoms with Crippen LogP contribution in [-0.4, -0.2) is 11.8 Å². The first-order chi connectivity index (χ1) is 9.99. The van der Waals surface area contributed by atoms with Crippen LogP contribution in [0.1, 0.15) is 20.7 Å². The Balaban J connectivity index is 2.02. The molecule has 0 bridgehead atoms. The second-order valence-corrected chi connectivity index (χ2v) is 4.94. The van der Waals surface area contributed by atoms with Crippen LogP contribution >= 0.6 is 23.2 Å². The minimum Gasteiger partial charge on any atom is -0.398 e. The van der Waals surface area contributed by atoms with Crippen LogP contribution in [0.15, 0.2) is 42.5 Å². The molecular formula is C14H11Cl2N3O2. The summed E-state index contributed by atoms with van der Waals surface area (Å²) in [5, 5.41) is 0.595. The third-order valence-corrected chi connectivity index (χ3v) is 3.42. The number of amides is 2. The highest BCUT2D eigenvalue weighted by Gasteiger charge is 2.12. The molecule has 2 aromatic carbocycles.